The molecule has 0 fully saturated rings. The van der Waals surface area contributed by atoms with Crippen LogP contribution in [0, 0.1) is 5.92 Å². The molecule has 62 valence electrons. The fraction of sp³-hybridized carbons (Fsp3) is 0.500. The van der Waals surface area contributed by atoms with Crippen LogP contribution in [0.2, 0.25) is 0 Å². The van der Waals surface area contributed by atoms with Crippen LogP contribution in [0.4, 0.5) is 0 Å². The molecule has 0 bridgehead atoms. The highest BCUT2D eigenvalue weighted by atomic mass is 14.7. The highest BCUT2D eigenvalue weighted by Gasteiger charge is 2.01. The van der Waals surface area contributed by atoms with Crippen molar-refractivity contribution >= 4 is 6.72 Å². The van der Waals surface area contributed by atoms with Gasteiger partial charge in [-0.3, -0.25) is 4.99 Å². The number of hydrogen-bond acceptors (Lipinski definition) is 1. The lowest BCUT2D eigenvalue weighted by Crippen LogP contribution is -1.92. The van der Waals surface area contributed by atoms with Crippen LogP contribution in [-0.2, 0) is 0 Å². The summed E-state index contributed by atoms with van der Waals surface area (Å²) >= 11 is 0. The minimum absolute atomic E-state index is 0.462. The zero-order valence-corrected chi connectivity index (χ0v) is 7.89. The Morgan fingerprint density at radius 2 is 2.00 bits per heavy atom. The lowest BCUT2D eigenvalue weighted by Gasteiger charge is -2.06. The fourth-order valence-electron chi connectivity index (χ4n) is 1.10. The van der Waals surface area contributed by atoms with Gasteiger partial charge >= 0.3 is 0 Å². The average molecular weight is 151 g/mol. The summed E-state index contributed by atoms with van der Waals surface area (Å²) in [6.45, 7) is 11.9. The van der Waals surface area contributed by atoms with Gasteiger partial charge in [-0.1, -0.05) is 26.0 Å². The first-order valence-electron chi connectivity index (χ1n) is 3.93. The summed E-state index contributed by atoms with van der Waals surface area (Å²) < 4.78 is 0. The van der Waals surface area contributed by atoms with Crippen LogP contribution < -0.4 is 0 Å². The van der Waals surface area contributed by atoms with Gasteiger partial charge < -0.3 is 0 Å². The second-order valence-corrected chi connectivity index (χ2v) is 2.88. The normalized spacial score (nSPS) is 13.9. The van der Waals surface area contributed by atoms with Crippen molar-refractivity contribution < 1.29 is 0 Å². The standard InChI is InChI=1S/C10H17N/c1-6-7-9(4)10(11-5)8(2)3/h6-8H,5H2,1-4H3/b7-6-,10-9-. The van der Waals surface area contributed by atoms with E-state index in [0.717, 1.165) is 5.70 Å². The average Bonchev–Trinajstić information content (AvgIpc) is 1.88. The van der Waals surface area contributed by atoms with E-state index in [4.69, 9.17) is 0 Å². The molecule has 0 aromatic carbocycles. The SMILES string of the molecule is C=N/C(=C(C)\C=C/C)C(C)C. The van der Waals surface area contributed by atoms with Gasteiger partial charge in [0.05, 0.1) is 0 Å². The predicted octanol–water partition coefficient (Wildman–Crippen LogP) is 3.19. The molecular weight excluding hydrogens is 134 g/mol. The lowest BCUT2D eigenvalue weighted by atomic mass is 10.1. The van der Waals surface area contributed by atoms with Crippen molar-refractivity contribution in [1.29, 1.82) is 0 Å². The molecule has 1 nitrogen and oxygen atoms in total. The molecule has 0 rings (SSSR count). The summed E-state index contributed by atoms with van der Waals surface area (Å²) in [7, 11) is 0. The van der Waals surface area contributed by atoms with Gasteiger partial charge in [-0.25, -0.2) is 0 Å². The van der Waals surface area contributed by atoms with Crippen LogP contribution in [0.1, 0.15) is 27.7 Å². The van der Waals surface area contributed by atoms with Crippen LogP contribution in [0.15, 0.2) is 28.4 Å². The molecule has 0 aromatic rings. The topological polar surface area (TPSA) is 12.4 Å². The molecule has 0 aromatic heterocycles. The Labute approximate surface area is 69.5 Å². The minimum atomic E-state index is 0.462. The molecule has 0 amide bonds. The zero-order valence-electron chi connectivity index (χ0n) is 7.89. The van der Waals surface area contributed by atoms with E-state index in [2.05, 4.69) is 38.6 Å². The van der Waals surface area contributed by atoms with E-state index >= 15 is 0 Å². The van der Waals surface area contributed by atoms with Crippen LogP contribution in [-0.4, -0.2) is 6.72 Å². The molecule has 0 heterocycles. The van der Waals surface area contributed by atoms with E-state index in [9.17, 15) is 0 Å². The first-order chi connectivity index (χ1) is 5.13. The van der Waals surface area contributed by atoms with Gasteiger partial charge in [0.2, 0.25) is 0 Å². The molecule has 0 saturated heterocycles. The number of nitrogens with zero attached hydrogens (tertiary/aromatic N) is 1. The van der Waals surface area contributed by atoms with Crippen molar-refractivity contribution in [1.82, 2.24) is 0 Å². The second-order valence-electron chi connectivity index (χ2n) is 2.88. The molecule has 0 atom stereocenters. The number of hydrogen-bond donors (Lipinski definition) is 0. The van der Waals surface area contributed by atoms with Gasteiger partial charge in [0.15, 0.2) is 0 Å². The maximum Gasteiger partial charge on any atom is 0.0450 e. The van der Waals surface area contributed by atoms with Crippen LogP contribution in [0.5, 0.6) is 0 Å². The maximum atomic E-state index is 3.98. The van der Waals surface area contributed by atoms with Crippen LogP contribution in [0.25, 0.3) is 0 Å². The van der Waals surface area contributed by atoms with E-state index < -0.39 is 0 Å². The van der Waals surface area contributed by atoms with E-state index in [1.807, 2.05) is 13.0 Å². The smallest absolute Gasteiger partial charge is 0.0450 e. The van der Waals surface area contributed by atoms with Crippen molar-refractivity contribution in [3.8, 4) is 0 Å². The summed E-state index contributed by atoms with van der Waals surface area (Å²) in [5.41, 5.74) is 2.29. The maximum absolute atomic E-state index is 3.98. The van der Waals surface area contributed by atoms with Gasteiger partial charge in [-0.05, 0) is 32.1 Å². The highest BCUT2D eigenvalue weighted by molar-refractivity contribution is 5.34. The van der Waals surface area contributed by atoms with Gasteiger partial charge in [0, 0.05) is 5.70 Å². The van der Waals surface area contributed by atoms with Crippen molar-refractivity contribution in [3.63, 3.8) is 0 Å². The van der Waals surface area contributed by atoms with Crippen LogP contribution in [0.3, 0.4) is 0 Å². The molecule has 0 saturated carbocycles. The van der Waals surface area contributed by atoms with E-state index in [-0.39, 0.29) is 0 Å². The Morgan fingerprint density at radius 1 is 1.45 bits per heavy atom. The van der Waals surface area contributed by atoms with E-state index in [0.29, 0.717) is 5.92 Å². The first-order valence-corrected chi connectivity index (χ1v) is 3.93. The molecule has 11 heavy (non-hydrogen) atoms. The molecule has 1 heteroatoms. The van der Waals surface area contributed by atoms with Crippen molar-refractivity contribution in [2.75, 3.05) is 0 Å². The number of allylic oxidation sites excluding steroid dienone is 4. The van der Waals surface area contributed by atoms with Crippen LogP contribution >= 0.6 is 0 Å². The summed E-state index contributed by atoms with van der Waals surface area (Å²) in [5, 5.41) is 0. The Morgan fingerprint density at radius 3 is 2.27 bits per heavy atom. The van der Waals surface area contributed by atoms with Gasteiger partial charge in [-0.2, -0.15) is 0 Å². The molecule has 0 radical (unpaired) electrons. The minimum Gasteiger partial charge on any atom is -0.269 e. The quantitative estimate of drug-likeness (QED) is 0.434. The molecular formula is C10H17N. The Balaban J connectivity index is 4.67. The van der Waals surface area contributed by atoms with E-state index in [1.54, 1.807) is 0 Å². The first kappa shape index (κ1) is 10.2. The monoisotopic (exact) mass is 151 g/mol. The fourth-order valence-corrected chi connectivity index (χ4v) is 1.10. The molecule has 0 aliphatic heterocycles. The molecule has 0 N–H and O–H groups in total. The highest BCUT2D eigenvalue weighted by Crippen LogP contribution is 2.16. The second kappa shape index (κ2) is 4.89. The Hall–Kier alpha value is -0.850. The summed E-state index contributed by atoms with van der Waals surface area (Å²) in [5.74, 6) is 0.462. The third-order valence-electron chi connectivity index (χ3n) is 1.54. The molecule has 0 aliphatic carbocycles. The summed E-state index contributed by atoms with van der Waals surface area (Å²) in [6.07, 6.45) is 4.08. The molecule has 0 aliphatic rings. The Kier molecular flexibility index (Phi) is 4.51. The zero-order chi connectivity index (χ0) is 8.85. The third-order valence-corrected chi connectivity index (χ3v) is 1.54. The van der Waals surface area contributed by atoms with Gasteiger partial charge in [-0.15, -0.1) is 0 Å². The van der Waals surface area contributed by atoms with Gasteiger partial charge in [0.1, 0.15) is 0 Å². The molecule has 0 unspecified atom stereocenters. The van der Waals surface area contributed by atoms with Crippen molar-refractivity contribution in [2.45, 2.75) is 27.7 Å². The largest absolute Gasteiger partial charge is 0.269 e. The predicted molar refractivity (Wildman–Crippen MR) is 51.9 cm³/mol. The van der Waals surface area contributed by atoms with Crippen molar-refractivity contribution in [3.05, 3.63) is 23.4 Å². The molecule has 0 spiro atoms. The number of rotatable bonds is 3. The number of aliphatic imine (C=N–C) groups is 1. The summed E-state index contributed by atoms with van der Waals surface area (Å²) in [4.78, 5) is 3.98. The third kappa shape index (κ3) is 3.17. The Bertz CT molecular complexity index is 185. The lowest BCUT2D eigenvalue weighted by molar-refractivity contribution is 0.751. The van der Waals surface area contributed by atoms with Gasteiger partial charge in [0.25, 0.3) is 0 Å². The summed E-state index contributed by atoms with van der Waals surface area (Å²) in [6, 6.07) is 0. The van der Waals surface area contributed by atoms with Crippen molar-refractivity contribution in [2.24, 2.45) is 10.9 Å². The van der Waals surface area contributed by atoms with E-state index in [1.165, 1.54) is 5.57 Å².